The molecule has 0 atom stereocenters. The van der Waals surface area contributed by atoms with Gasteiger partial charge in [-0.25, -0.2) is 4.57 Å². The fourth-order valence-corrected chi connectivity index (χ4v) is 2.63. The first-order valence-corrected chi connectivity index (χ1v) is 8.38. The van der Waals surface area contributed by atoms with Gasteiger partial charge in [-0.05, 0) is 50.4 Å². The highest BCUT2D eigenvalue weighted by atomic mass is 32.7. The van der Waals surface area contributed by atoms with E-state index in [0.717, 1.165) is 50.4 Å². The van der Waals surface area contributed by atoms with Crippen LogP contribution in [0.4, 0.5) is 0 Å². The monoisotopic (exact) mass is 256 g/mol. The largest absolute Gasteiger partial charge is 0.383 e. The molecule has 92 valence electrons. The van der Waals surface area contributed by atoms with E-state index in [1.807, 2.05) is 0 Å². The van der Waals surface area contributed by atoms with Gasteiger partial charge in [0.15, 0.2) is 0 Å². The molecule has 7 heteroatoms. The fraction of sp³-hybridized carbons (Fsp3) is 1.00. The average Bonchev–Trinajstić information content (AvgIpc) is 2.14. The molecule has 0 amide bonds. The van der Waals surface area contributed by atoms with Crippen LogP contribution in [0.25, 0.3) is 0 Å². The van der Waals surface area contributed by atoms with Crippen LogP contribution in [-0.4, -0.2) is 41.7 Å². The molecule has 15 heavy (non-hydrogen) atoms. The van der Waals surface area contributed by atoms with Crippen molar-refractivity contribution >= 4 is 18.2 Å². The Balaban J connectivity index is 3.02. The molecule has 0 aromatic carbocycles. The van der Waals surface area contributed by atoms with Crippen LogP contribution >= 0.6 is 18.2 Å². The van der Waals surface area contributed by atoms with Gasteiger partial charge in [0, 0.05) is 5.75 Å². The van der Waals surface area contributed by atoms with Crippen molar-refractivity contribution in [1.29, 1.82) is 0 Å². The minimum Gasteiger partial charge on any atom is -0.317 e. The van der Waals surface area contributed by atoms with E-state index in [4.69, 9.17) is 9.79 Å². The molecule has 0 bridgehead atoms. The molecule has 0 aliphatic carbocycles. The first-order chi connectivity index (χ1) is 7.06. The van der Waals surface area contributed by atoms with Gasteiger partial charge in [-0.2, -0.15) is 0 Å². The second-order valence-corrected chi connectivity index (χ2v) is 6.98. The van der Waals surface area contributed by atoms with Gasteiger partial charge >= 0.3 is 6.80 Å². The van der Waals surface area contributed by atoms with Gasteiger partial charge in [0.05, 0.1) is 0 Å². The molecule has 5 nitrogen and oxygen atoms in total. The molecule has 0 aliphatic rings. The maximum Gasteiger partial charge on any atom is 0.383 e. The van der Waals surface area contributed by atoms with Gasteiger partial charge in [0.2, 0.25) is 0 Å². The highest BCUT2D eigenvalue weighted by Gasteiger charge is 2.11. The van der Waals surface area contributed by atoms with Crippen molar-refractivity contribution in [3.05, 3.63) is 0 Å². The summed E-state index contributed by atoms with van der Waals surface area (Å²) in [6, 6.07) is 0. The second kappa shape index (κ2) is 9.63. The molecule has 0 spiro atoms. The predicted molar refractivity (Wildman–Crippen MR) is 65.1 cm³/mol. The fourth-order valence-electron chi connectivity index (χ4n) is 1.02. The van der Waals surface area contributed by atoms with Crippen molar-refractivity contribution in [3.63, 3.8) is 0 Å². The van der Waals surface area contributed by atoms with E-state index in [0.29, 0.717) is 5.75 Å². The van der Waals surface area contributed by atoms with Crippen LogP contribution in [0.3, 0.4) is 0 Å². The Morgan fingerprint density at radius 2 is 1.73 bits per heavy atom. The van der Waals surface area contributed by atoms with Gasteiger partial charge in [-0.1, -0.05) is 6.92 Å². The maximum absolute atomic E-state index is 10.5. The van der Waals surface area contributed by atoms with Crippen LogP contribution in [0.5, 0.6) is 0 Å². The SMILES string of the molecule is CCNCCCNCCCSP(=O)(O)O. The molecule has 0 aromatic rings. The zero-order valence-corrected chi connectivity index (χ0v) is 10.8. The first kappa shape index (κ1) is 15.4. The zero-order valence-electron chi connectivity index (χ0n) is 9.11. The standard InChI is InChI=1S/C8H21N2O3PS/c1-2-9-5-3-6-10-7-4-8-15-14(11,12)13/h9-10H,2-8H2,1H3,(H2,11,12,13). The van der Waals surface area contributed by atoms with E-state index in [2.05, 4.69) is 17.6 Å². The van der Waals surface area contributed by atoms with Gasteiger partial charge in [0.25, 0.3) is 0 Å². The van der Waals surface area contributed by atoms with Crippen molar-refractivity contribution in [2.24, 2.45) is 0 Å². The molecule has 0 saturated heterocycles. The summed E-state index contributed by atoms with van der Waals surface area (Å²) in [4.78, 5) is 17.1. The van der Waals surface area contributed by atoms with Crippen LogP contribution in [-0.2, 0) is 4.57 Å². The molecule has 4 N–H and O–H groups in total. The van der Waals surface area contributed by atoms with E-state index in [9.17, 15) is 4.57 Å². The Bertz CT molecular complexity index is 189. The summed E-state index contributed by atoms with van der Waals surface area (Å²) in [5.74, 6) is 0.504. The molecule has 0 aromatic heterocycles. The smallest absolute Gasteiger partial charge is 0.317 e. The quantitative estimate of drug-likeness (QED) is 0.342. The summed E-state index contributed by atoms with van der Waals surface area (Å²) >= 11 is 0.720. The van der Waals surface area contributed by atoms with Crippen molar-refractivity contribution in [2.45, 2.75) is 19.8 Å². The van der Waals surface area contributed by atoms with Gasteiger partial charge in [-0.3, -0.25) is 0 Å². The molecule has 0 heterocycles. The van der Waals surface area contributed by atoms with Gasteiger partial charge < -0.3 is 20.4 Å². The number of hydrogen-bond donors (Lipinski definition) is 4. The van der Waals surface area contributed by atoms with Crippen molar-refractivity contribution < 1.29 is 14.4 Å². The van der Waals surface area contributed by atoms with E-state index < -0.39 is 6.80 Å². The summed E-state index contributed by atoms with van der Waals surface area (Å²) in [5, 5.41) is 6.45. The lowest BCUT2D eigenvalue weighted by Crippen LogP contribution is -2.22. The van der Waals surface area contributed by atoms with E-state index >= 15 is 0 Å². The lowest BCUT2D eigenvalue weighted by atomic mass is 10.4. The number of rotatable bonds is 10. The van der Waals surface area contributed by atoms with Crippen LogP contribution < -0.4 is 10.6 Å². The molecular formula is C8H21N2O3PS. The predicted octanol–water partition coefficient (Wildman–Crippen LogP) is 0.792. The average molecular weight is 256 g/mol. The van der Waals surface area contributed by atoms with Crippen LogP contribution in [0.15, 0.2) is 0 Å². The van der Waals surface area contributed by atoms with Gasteiger partial charge in [0.1, 0.15) is 0 Å². The lowest BCUT2D eigenvalue weighted by molar-refractivity contribution is 0.397. The summed E-state index contributed by atoms with van der Waals surface area (Å²) in [7, 11) is 0. The topological polar surface area (TPSA) is 81.6 Å². The molecule has 0 aliphatic heterocycles. The van der Waals surface area contributed by atoms with Crippen LogP contribution in [0.2, 0.25) is 0 Å². The second-order valence-electron chi connectivity index (χ2n) is 3.13. The molecule has 0 rings (SSSR count). The molecule has 0 unspecified atom stereocenters. The summed E-state index contributed by atoms with van der Waals surface area (Å²) in [6.07, 6.45) is 1.87. The third kappa shape index (κ3) is 14.4. The summed E-state index contributed by atoms with van der Waals surface area (Å²) < 4.78 is 10.5. The normalized spacial score (nSPS) is 11.9. The van der Waals surface area contributed by atoms with Crippen LogP contribution in [0.1, 0.15) is 19.8 Å². The Hall–Kier alpha value is 0.420. The number of hydrogen-bond acceptors (Lipinski definition) is 4. The van der Waals surface area contributed by atoms with Gasteiger partial charge in [-0.15, -0.1) is 0 Å². The van der Waals surface area contributed by atoms with E-state index in [1.54, 1.807) is 0 Å². The van der Waals surface area contributed by atoms with E-state index in [-0.39, 0.29) is 0 Å². The van der Waals surface area contributed by atoms with E-state index in [1.165, 1.54) is 0 Å². The van der Waals surface area contributed by atoms with Crippen LogP contribution in [0, 0.1) is 0 Å². The Morgan fingerprint density at radius 3 is 2.33 bits per heavy atom. The Morgan fingerprint density at radius 1 is 1.13 bits per heavy atom. The summed E-state index contributed by atoms with van der Waals surface area (Å²) in [6.45, 7) is 2.00. The molecule has 0 radical (unpaired) electrons. The Labute approximate surface area is 95.3 Å². The maximum atomic E-state index is 10.5. The highest BCUT2D eigenvalue weighted by Crippen LogP contribution is 2.50. The molecule has 0 saturated carbocycles. The van der Waals surface area contributed by atoms with Crippen molar-refractivity contribution in [3.8, 4) is 0 Å². The van der Waals surface area contributed by atoms with Crippen molar-refractivity contribution in [2.75, 3.05) is 31.9 Å². The lowest BCUT2D eigenvalue weighted by Gasteiger charge is -2.05. The third-order valence-corrected chi connectivity index (χ3v) is 4.08. The minimum absolute atomic E-state index is 0.504. The number of nitrogens with one attached hydrogen (secondary N) is 2. The van der Waals surface area contributed by atoms with Crippen molar-refractivity contribution in [1.82, 2.24) is 10.6 Å². The zero-order chi connectivity index (χ0) is 11.6. The first-order valence-electron chi connectivity index (χ1n) is 5.18. The third-order valence-electron chi connectivity index (χ3n) is 1.71. The summed E-state index contributed by atoms with van der Waals surface area (Å²) in [5.41, 5.74) is 0. The molecule has 0 fully saturated rings. The minimum atomic E-state index is -3.86. The highest BCUT2D eigenvalue weighted by molar-refractivity contribution is 8.54. The molecular weight excluding hydrogens is 235 g/mol. The Kier molecular flexibility index (Phi) is 9.90.